The molecule has 130 valence electrons. The fourth-order valence-electron chi connectivity index (χ4n) is 2.67. The zero-order valence-electron chi connectivity index (χ0n) is 15.1. The van der Waals surface area contributed by atoms with Gasteiger partial charge in [0.25, 0.3) is 0 Å². The molecule has 0 saturated carbocycles. The first kappa shape index (κ1) is 17.5. The molecule has 0 aromatic heterocycles. The number of carbonyl (C=O) groups excluding carboxylic acids is 1. The highest BCUT2D eigenvalue weighted by molar-refractivity contribution is 5.90. The average Bonchev–Trinajstić information content (AvgIpc) is 2.66. The molecular weight excluding hydrogens is 324 g/mol. The summed E-state index contributed by atoms with van der Waals surface area (Å²) in [7, 11) is 1.38. The predicted octanol–water partition coefficient (Wildman–Crippen LogP) is 6.17. The number of azo groups is 1. The van der Waals surface area contributed by atoms with Gasteiger partial charge in [-0.05, 0) is 60.9 Å². The van der Waals surface area contributed by atoms with E-state index in [0.29, 0.717) is 5.56 Å². The molecular formula is C22H20N2O2. The van der Waals surface area contributed by atoms with E-state index < -0.39 is 0 Å². The topological polar surface area (TPSA) is 51.0 Å². The minimum Gasteiger partial charge on any atom is -0.465 e. The Labute approximate surface area is 153 Å². The monoisotopic (exact) mass is 344 g/mol. The van der Waals surface area contributed by atoms with E-state index in [1.165, 1.54) is 7.11 Å². The highest BCUT2D eigenvalue weighted by Crippen LogP contribution is 2.32. The first-order valence-corrected chi connectivity index (χ1v) is 8.34. The zero-order valence-corrected chi connectivity index (χ0v) is 15.1. The van der Waals surface area contributed by atoms with Crippen molar-refractivity contribution in [3.05, 3.63) is 83.4 Å². The quantitative estimate of drug-likeness (QED) is 0.419. The Hall–Kier alpha value is -3.27. The Morgan fingerprint density at radius 3 is 2.27 bits per heavy atom. The number of carbonyl (C=O) groups is 1. The first-order chi connectivity index (χ1) is 12.6. The van der Waals surface area contributed by atoms with Crippen molar-refractivity contribution in [3.8, 4) is 11.1 Å². The molecule has 0 atom stereocenters. The maximum absolute atomic E-state index is 11.6. The average molecular weight is 344 g/mol. The van der Waals surface area contributed by atoms with E-state index in [0.717, 1.165) is 33.6 Å². The van der Waals surface area contributed by atoms with Gasteiger partial charge in [-0.15, -0.1) is 5.11 Å². The van der Waals surface area contributed by atoms with Gasteiger partial charge in [0.15, 0.2) is 0 Å². The maximum Gasteiger partial charge on any atom is 0.337 e. The Morgan fingerprint density at radius 2 is 1.58 bits per heavy atom. The minimum atomic E-state index is -0.347. The van der Waals surface area contributed by atoms with Gasteiger partial charge in [0, 0.05) is 5.56 Å². The summed E-state index contributed by atoms with van der Waals surface area (Å²) < 4.78 is 4.75. The van der Waals surface area contributed by atoms with Crippen molar-refractivity contribution in [3.63, 3.8) is 0 Å². The predicted molar refractivity (Wildman–Crippen MR) is 103 cm³/mol. The molecule has 0 amide bonds. The summed E-state index contributed by atoms with van der Waals surface area (Å²) in [5.74, 6) is -0.347. The second-order valence-electron chi connectivity index (χ2n) is 6.13. The lowest BCUT2D eigenvalue weighted by atomic mass is 10.0. The largest absolute Gasteiger partial charge is 0.465 e. The first-order valence-electron chi connectivity index (χ1n) is 8.34. The number of rotatable bonds is 4. The standard InChI is InChI=1S/C22H20N2O2/c1-15-5-4-6-19(13-15)23-24-21-14-16(2)7-12-20(21)17-8-10-18(11-9-17)22(25)26-3/h4-14H,1-3H3/b24-23+. The van der Waals surface area contributed by atoms with Gasteiger partial charge in [-0.1, -0.05) is 36.4 Å². The Kier molecular flexibility index (Phi) is 5.23. The van der Waals surface area contributed by atoms with Gasteiger partial charge < -0.3 is 4.74 Å². The molecule has 26 heavy (non-hydrogen) atoms. The van der Waals surface area contributed by atoms with Crippen molar-refractivity contribution < 1.29 is 9.53 Å². The highest BCUT2D eigenvalue weighted by Gasteiger charge is 2.08. The SMILES string of the molecule is COC(=O)c1ccc(-c2ccc(C)cc2/N=N/c2cccc(C)c2)cc1. The van der Waals surface area contributed by atoms with Gasteiger partial charge >= 0.3 is 5.97 Å². The Balaban J connectivity index is 1.97. The summed E-state index contributed by atoms with van der Waals surface area (Å²) in [5, 5.41) is 8.84. The summed E-state index contributed by atoms with van der Waals surface area (Å²) >= 11 is 0. The molecule has 0 aliphatic rings. The molecule has 0 saturated heterocycles. The Bertz CT molecular complexity index is 960. The molecule has 3 aromatic rings. The molecule has 0 aliphatic carbocycles. The molecule has 0 radical (unpaired) electrons. The molecule has 0 bridgehead atoms. The Morgan fingerprint density at radius 1 is 0.846 bits per heavy atom. The van der Waals surface area contributed by atoms with Crippen molar-refractivity contribution in [2.24, 2.45) is 10.2 Å². The molecule has 3 aromatic carbocycles. The van der Waals surface area contributed by atoms with Crippen molar-refractivity contribution >= 4 is 17.3 Å². The second kappa shape index (κ2) is 7.74. The fraction of sp³-hybridized carbons (Fsp3) is 0.136. The molecule has 4 nitrogen and oxygen atoms in total. The van der Waals surface area contributed by atoms with E-state index in [2.05, 4.69) is 10.2 Å². The van der Waals surface area contributed by atoms with Crippen LogP contribution in [0.15, 0.2) is 77.0 Å². The van der Waals surface area contributed by atoms with Crippen LogP contribution in [0.25, 0.3) is 11.1 Å². The van der Waals surface area contributed by atoms with Gasteiger partial charge in [0.2, 0.25) is 0 Å². The molecule has 0 spiro atoms. The van der Waals surface area contributed by atoms with Crippen LogP contribution < -0.4 is 0 Å². The number of methoxy groups -OCH3 is 1. The zero-order chi connectivity index (χ0) is 18.5. The number of hydrogen-bond donors (Lipinski definition) is 0. The van der Waals surface area contributed by atoms with Crippen LogP contribution in [0.5, 0.6) is 0 Å². The van der Waals surface area contributed by atoms with Crippen molar-refractivity contribution in [1.29, 1.82) is 0 Å². The van der Waals surface area contributed by atoms with E-state index >= 15 is 0 Å². The molecule has 0 aliphatic heterocycles. The van der Waals surface area contributed by atoms with Gasteiger partial charge in [-0.3, -0.25) is 0 Å². The van der Waals surface area contributed by atoms with Crippen LogP contribution in [0.3, 0.4) is 0 Å². The van der Waals surface area contributed by atoms with E-state index in [4.69, 9.17) is 4.74 Å². The highest BCUT2D eigenvalue weighted by atomic mass is 16.5. The van der Waals surface area contributed by atoms with Gasteiger partial charge in [-0.25, -0.2) is 4.79 Å². The maximum atomic E-state index is 11.6. The lowest BCUT2D eigenvalue weighted by Gasteiger charge is -2.07. The third-order valence-corrected chi connectivity index (χ3v) is 4.05. The lowest BCUT2D eigenvalue weighted by molar-refractivity contribution is 0.0601. The fourth-order valence-corrected chi connectivity index (χ4v) is 2.67. The van der Waals surface area contributed by atoms with Crippen LogP contribution in [0.2, 0.25) is 0 Å². The van der Waals surface area contributed by atoms with Crippen molar-refractivity contribution in [2.45, 2.75) is 13.8 Å². The number of ether oxygens (including phenoxy) is 1. The molecule has 4 heteroatoms. The third-order valence-electron chi connectivity index (χ3n) is 4.05. The third kappa shape index (κ3) is 4.03. The number of aryl methyl sites for hydroxylation is 2. The number of hydrogen-bond acceptors (Lipinski definition) is 4. The van der Waals surface area contributed by atoms with Crippen LogP contribution in [-0.2, 0) is 4.74 Å². The number of nitrogens with zero attached hydrogens (tertiary/aromatic N) is 2. The minimum absolute atomic E-state index is 0.347. The van der Waals surface area contributed by atoms with Crippen LogP contribution in [-0.4, -0.2) is 13.1 Å². The van der Waals surface area contributed by atoms with Gasteiger partial charge in [0.05, 0.1) is 24.0 Å². The van der Waals surface area contributed by atoms with E-state index in [9.17, 15) is 4.79 Å². The molecule has 0 fully saturated rings. The van der Waals surface area contributed by atoms with Crippen LogP contribution in [0, 0.1) is 13.8 Å². The summed E-state index contributed by atoms with van der Waals surface area (Å²) in [6.45, 7) is 4.05. The van der Waals surface area contributed by atoms with Crippen LogP contribution in [0.4, 0.5) is 11.4 Å². The van der Waals surface area contributed by atoms with Crippen molar-refractivity contribution in [2.75, 3.05) is 7.11 Å². The normalized spacial score (nSPS) is 10.9. The summed E-state index contributed by atoms with van der Waals surface area (Å²) in [4.78, 5) is 11.6. The van der Waals surface area contributed by atoms with E-state index in [1.807, 2.05) is 68.4 Å². The smallest absolute Gasteiger partial charge is 0.337 e. The summed E-state index contributed by atoms with van der Waals surface area (Å²) in [6.07, 6.45) is 0. The van der Waals surface area contributed by atoms with Crippen LogP contribution >= 0.6 is 0 Å². The van der Waals surface area contributed by atoms with Gasteiger partial charge in [-0.2, -0.15) is 5.11 Å². The lowest BCUT2D eigenvalue weighted by Crippen LogP contribution is -2.00. The van der Waals surface area contributed by atoms with Gasteiger partial charge in [0.1, 0.15) is 0 Å². The van der Waals surface area contributed by atoms with E-state index in [1.54, 1.807) is 12.1 Å². The molecule has 3 rings (SSSR count). The summed E-state index contributed by atoms with van der Waals surface area (Å²) in [6, 6.07) is 21.3. The number of esters is 1. The molecule has 0 N–H and O–H groups in total. The van der Waals surface area contributed by atoms with E-state index in [-0.39, 0.29) is 5.97 Å². The van der Waals surface area contributed by atoms with Crippen molar-refractivity contribution in [1.82, 2.24) is 0 Å². The second-order valence-corrected chi connectivity index (χ2v) is 6.13. The molecule has 0 heterocycles. The van der Waals surface area contributed by atoms with Crippen LogP contribution in [0.1, 0.15) is 21.5 Å². The molecule has 0 unspecified atom stereocenters. The number of benzene rings is 3. The summed E-state index contributed by atoms with van der Waals surface area (Å²) in [5.41, 5.74) is 6.31.